The van der Waals surface area contributed by atoms with E-state index in [0.717, 1.165) is 0 Å². The summed E-state index contributed by atoms with van der Waals surface area (Å²) < 4.78 is 0. The second kappa shape index (κ2) is 4.41. The Morgan fingerprint density at radius 3 is 3.07 bits per heavy atom. The summed E-state index contributed by atoms with van der Waals surface area (Å²) in [5.74, 6) is -0.349. The molecule has 0 aliphatic rings. The molecule has 0 saturated carbocycles. The fraction of sp³-hybridized carbons (Fsp3) is 0.200. The first-order chi connectivity index (χ1) is 6.66. The summed E-state index contributed by atoms with van der Waals surface area (Å²) in [6, 6.07) is 1.48. The molecule has 0 fully saturated rings. The number of carbonyl (C=O) groups is 1. The van der Waals surface area contributed by atoms with Crippen molar-refractivity contribution in [1.82, 2.24) is 9.88 Å². The molecule has 0 unspecified atom stereocenters. The Labute approximate surface area is 82.5 Å². The third-order valence-electron chi connectivity index (χ3n) is 1.78. The lowest BCUT2D eigenvalue weighted by Gasteiger charge is -2.14. The molecular formula is C10H12N2O2. The molecule has 4 heteroatoms. The topological polar surface area (TPSA) is 53.4 Å². The van der Waals surface area contributed by atoms with Crippen LogP contribution in [0.1, 0.15) is 10.4 Å². The predicted molar refractivity (Wildman–Crippen MR) is 53.1 cm³/mol. The zero-order valence-electron chi connectivity index (χ0n) is 7.97. The molecule has 14 heavy (non-hydrogen) atoms. The summed E-state index contributed by atoms with van der Waals surface area (Å²) in [5, 5.41) is 9.36. The molecule has 0 aliphatic carbocycles. The Morgan fingerprint density at radius 1 is 1.79 bits per heavy atom. The molecule has 0 bridgehead atoms. The van der Waals surface area contributed by atoms with E-state index in [9.17, 15) is 9.90 Å². The molecule has 74 valence electrons. The first kappa shape index (κ1) is 10.2. The van der Waals surface area contributed by atoms with Gasteiger partial charge in [0.05, 0.1) is 11.8 Å². The first-order valence-electron chi connectivity index (χ1n) is 4.16. The van der Waals surface area contributed by atoms with Gasteiger partial charge in [0, 0.05) is 19.8 Å². The molecule has 1 aromatic rings. The van der Waals surface area contributed by atoms with Gasteiger partial charge in [-0.2, -0.15) is 0 Å². The average molecular weight is 192 g/mol. The molecule has 1 heterocycles. The van der Waals surface area contributed by atoms with Gasteiger partial charge < -0.3 is 10.0 Å². The number of rotatable bonds is 3. The van der Waals surface area contributed by atoms with Crippen LogP contribution in [-0.4, -0.2) is 34.5 Å². The van der Waals surface area contributed by atoms with E-state index < -0.39 is 0 Å². The second-order valence-electron chi connectivity index (χ2n) is 2.87. The maximum absolute atomic E-state index is 11.6. The second-order valence-corrected chi connectivity index (χ2v) is 2.87. The Morgan fingerprint density at radius 2 is 2.50 bits per heavy atom. The van der Waals surface area contributed by atoms with E-state index in [1.807, 2.05) is 0 Å². The SMILES string of the molecule is C=CCN(C)C(=O)c1ccncc1O. The van der Waals surface area contributed by atoms with Crippen LogP contribution in [0.3, 0.4) is 0 Å². The fourth-order valence-corrected chi connectivity index (χ4v) is 1.05. The highest BCUT2D eigenvalue weighted by Gasteiger charge is 2.13. The third-order valence-corrected chi connectivity index (χ3v) is 1.78. The summed E-state index contributed by atoms with van der Waals surface area (Å²) in [6.45, 7) is 3.98. The van der Waals surface area contributed by atoms with Crippen molar-refractivity contribution in [3.05, 3.63) is 36.7 Å². The van der Waals surface area contributed by atoms with Crippen LogP contribution in [0.25, 0.3) is 0 Å². The molecule has 1 amide bonds. The highest BCUT2D eigenvalue weighted by atomic mass is 16.3. The zero-order valence-corrected chi connectivity index (χ0v) is 7.97. The van der Waals surface area contributed by atoms with Crippen molar-refractivity contribution >= 4 is 5.91 Å². The van der Waals surface area contributed by atoms with Gasteiger partial charge in [-0.05, 0) is 6.07 Å². The van der Waals surface area contributed by atoms with Crippen LogP contribution in [0.4, 0.5) is 0 Å². The van der Waals surface area contributed by atoms with Crippen LogP contribution in [0.5, 0.6) is 5.75 Å². The molecule has 0 radical (unpaired) electrons. The molecule has 0 saturated heterocycles. The molecule has 1 rings (SSSR count). The minimum Gasteiger partial charge on any atom is -0.505 e. The number of amides is 1. The first-order valence-corrected chi connectivity index (χ1v) is 4.16. The van der Waals surface area contributed by atoms with Crippen molar-refractivity contribution < 1.29 is 9.90 Å². The zero-order chi connectivity index (χ0) is 10.6. The van der Waals surface area contributed by atoms with Crippen molar-refractivity contribution in [2.24, 2.45) is 0 Å². The van der Waals surface area contributed by atoms with Crippen LogP contribution in [0.2, 0.25) is 0 Å². The van der Waals surface area contributed by atoms with E-state index in [2.05, 4.69) is 11.6 Å². The van der Waals surface area contributed by atoms with E-state index in [4.69, 9.17) is 0 Å². The number of pyridine rings is 1. The summed E-state index contributed by atoms with van der Waals surface area (Å²) in [7, 11) is 1.64. The van der Waals surface area contributed by atoms with E-state index >= 15 is 0 Å². The maximum atomic E-state index is 11.6. The standard InChI is InChI=1S/C10H12N2O2/c1-3-6-12(2)10(14)8-4-5-11-7-9(8)13/h3-5,7,13H,1,6H2,2H3. The molecule has 1 N–H and O–H groups in total. The Kier molecular flexibility index (Phi) is 3.23. The van der Waals surface area contributed by atoms with Crippen molar-refractivity contribution in [2.75, 3.05) is 13.6 Å². The molecule has 0 aliphatic heterocycles. The highest BCUT2D eigenvalue weighted by molar-refractivity contribution is 5.96. The van der Waals surface area contributed by atoms with Crippen LogP contribution in [0.15, 0.2) is 31.1 Å². The number of carbonyl (C=O) groups excluding carboxylic acids is 1. The lowest BCUT2D eigenvalue weighted by atomic mass is 10.2. The van der Waals surface area contributed by atoms with Gasteiger partial charge in [0.25, 0.3) is 5.91 Å². The molecular weight excluding hydrogens is 180 g/mol. The lowest BCUT2D eigenvalue weighted by Crippen LogP contribution is -2.26. The maximum Gasteiger partial charge on any atom is 0.257 e. The summed E-state index contributed by atoms with van der Waals surface area (Å²) in [4.78, 5) is 16.8. The minimum absolute atomic E-state index is 0.103. The molecule has 0 spiro atoms. The number of hydrogen-bond donors (Lipinski definition) is 1. The number of nitrogens with zero attached hydrogens (tertiary/aromatic N) is 2. The Bertz CT molecular complexity index is 350. The van der Waals surface area contributed by atoms with Crippen LogP contribution < -0.4 is 0 Å². The van der Waals surface area contributed by atoms with E-state index in [0.29, 0.717) is 6.54 Å². The summed E-state index contributed by atoms with van der Waals surface area (Å²) >= 11 is 0. The van der Waals surface area contributed by atoms with Crippen molar-refractivity contribution in [3.8, 4) is 5.75 Å². The van der Waals surface area contributed by atoms with Crippen molar-refractivity contribution in [2.45, 2.75) is 0 Å². The lowest BCUT2D eigenvalue weighted by molar-refractivity contribution is 0.0807. The van der Waals surface area contributed by atoms with Gasteiger partial charge in [0.1, 0.15) is 5.75 Å². The molecule has 1 aromatic heterocycles. The van der Waals surface area contributed by atoms with Gasteiger partial charge in [0.15, 0.2) is 0 Å². The Hall–Kier alpha value is -1.84. The average Bonchev–Trinajstić information content (AvgIpc) is 2.18. The van der Waals surface area contributed by atoms with E-state index in [1.54, 1.807) is 13.1 Å². The summed E-state index contributed by atoms with van der Waals surface area (Å²) in [5.41, 5.74) is 0.254. The number of likely N-dealkylation sites (N-methyl/N-ethyl adjacent to an activating group) is 1. The van der Waals surface area contributed by atoms with Gasteiger partial charge in [-0.3, -0.25) is 9.78 Å². The number of aromatic hydroxyl groups is 1. The van der Waals surface area contributed by atoms with Crippen LogP contribution in [0, 0.1) is 0 Å². The highest BCUT2D eigenvalue weighted by Crippen LogP contribution is 2.15. The van der Waals surface area contributed by atoms with Crippen LogP contribution in [-0.2, 0) is 0 Å². The van der Waals surface area contributed by atoms with Crippen molar-refractivity contribution in [3.63, 3.8) is 0 Å². The van der Waals surface area contributed by atoms with E-state index in [-0.39, 0.29) is 17.2 Å². The minimum atomic E-state index is -0.246. The summed E-state index contributed by atoms with van der Waals surface area (Å²) in [6.07, 6.45) is 4.33. The van der Waals surface area contributed by atoms with Crippen LogP contribution >= 0.6 is 0 Å². The van der Waals surface area contributed by atoms with Gasteiger partial charge in [-0.25, -0.2) is 0 Å². The van der Waals surface area contributed by atoms with Crippen molar-refractivity contribution in [1.29, 1.82) is 0 Å². The number of aromatic nitrogens is 1. The van der Waals surface area contributed by atoms with Gasteiger partial charge in [0.2, 0.25) is 0 Å². The smallest absolute Gasteiger partial charge is 0.257 e. The van der Waals surface area contributed by atoms with Gasteiger partial charge >= 0.3 is 0 Å². The van der Waals surface area contributed by atoms with E-state index in [1.165, 1.54) is 23.4 Å². The molecule has 4 nitrogen and oxygen atoms in total. The normalized spacial score (nSPS) is 9.50. The quantitative estimate of drug-likeness (QED) is 0.728. The van der Waals surface area contributed by atoms with Gasteiger partial charge in [-0.15, -0.1) is 6.58 Å². The monoisotopic (exact) mass is 192 g/mol. The molecule has 0 aromatic carbocycles. The number of hydrogen-bond acceptors (Lipinski definition) is 3. The largest absolute Gasteiger partial charge is 0.505 e. The Balaban J connectivity index is 2.89. The predicted octanol–water partition coefficient (Wildman–Crippen LogP) is 1.05. The molecule has 0 atom stereocenters. The van der Waals surface area contributed by atoms with Gasteiger partial charge in [-0.1, -0.05) is 6.08 Å². The third kappa shape index (κ3) is 2.10. The fourth-order valence-electron chi connectivity index (χ4n) is 1.05.